The second-order valence-electron chi connectivity index (χ2n) is 5.07. The predicted molar refractivity (Wildman–Crippen MR) is 85.3 cm³/mol. The van der Waals surface area contributed by atoms with Gasteiger partial charge in [-0.3, -0.25) is 4.68 Å². The van der Waals surface area contributed by atoms with E-state index in [2.05, 4.69) is 58.7 Å². The van der Waals surface area contributed by atoms with Crippen molar-refractivity contribution in [1.29, 1.82) is 0 Å². The molecule has 0 fully saturated rings. The Labute approximate surface area is 126 Å². The van der Waals surface area contributed by atoms with Crippen molar-refractivity contribution in [2.75, 3.05) is 6.54 Å². The van der Waals surface area contributed by atoms with Crippen LogP contribution in [0, 0.1) is 5.92 Å². The topological polar surface area (TPSA) is 29.9 Å². The number of hydrogen-bond acceptors (Lipinski definition) is 2. The van der Waals surface area contributed by atoms with E-state index >= 15 is 0 Å². The number of aryl methyl sites for hydroxylation is 1. The fourth-order valence-corrected chi connectivity index (χ4v) is 3.40. The van der Waals surface area contributed by atoms with Crippen molar-refractivity contribution < 1.29 is 0 Å². The molecule has 1 rings (SSSR count). The summed E-state index contributed by atoms with van der Waals surface area (Å²) >= 11 is 3.68. The summed E-state index contributed by atoms with van der Waals surface area (Å²) in [6.07, 6.45) is 6.95. The standard InChI is InChI=1S/C15H28BrN3/c1-5-9-12(10-6-2)14(17-7-3)15-13(16)11-18-19(15)8-4/h11-12,14,17H,5-10H2,1-4H3. The smallest absolute Gasteiger partial charge is 0.0698 e. The van der Waals surface area contributed by atoms with E-state index in [0.29, 0.717) is 12.0 Å². The molecule has 1 aromatic rings. The van der Waals surface area contributed by atoms with E-state index in [4.69, 9.17) is 0 Å². The molecular weight excluding hydrogens is 302 g/mol. The molecular formula is C15H28BrN3. The van der Waals surface area contributed by atoms with Crippen LogP contribution in [0.4, 0.5) is 0 Å². The summed E-state index contributed by atoms with van der Waals surface area (Å²) in [6, 6.07) is 0.404. The van der Waals surface area contributed by atoms with Crippen LogP contribution >= 0.6 is 15.9 Å². The van der Waals surface area contributed by atoms with Gasteiger partial charge in [-0.1, -0.05) is 33.6 Å². The molecule has 1 unspecified atom stereocenters. The van der Waals surface area contributed by atoms with Gasteiger partial charge in [-0.05, 0) is 48.2 Å². The minimum Gasteiger partial charge on any atom is -0.309 e. The fraction of sp³-hybridized carbons (Fsp3) is 0.800. The van der Waals surface area contributed by atoms with Crippen molar-refractivity contribution >= 4 is 15.9 Å². The predicted octanol–water partition coefficient (Wildman–Crippen LogP) is 4.53. The molecule has 0 aromatic carbocycles. The van der Waals surface area contributed by atoms with Crippen molar-refractivity contribution in [3.8, 4) is 0 Å². The average Bonchev–Trinajstić information content (AvgIpc) is 2.77. The quantitative estimate of drug-likeness (QED) is 0.721. The summed E-state index contributed by atoms with van der Waals surface area (Å²) in [6.45, 7) is 10.8. The number of nitrogens with zero attached hydrogens (tertiary/aromatic N) is 2. The van der Waals surface area contributed by atoms with Crippen LogP contribution in [0.5, 0.6) is 0 Å². The van der Waals surface area contributed by atoms with Gasteiger partial charge >= 0.3 is 0 Å². The van der Waals surface area contributed by atoms with E-state index in [0.717, 1.165) is 17.6 Å². The summed E-state index contributed by atoms with van der Waals surface area (Å²) in [5.74, 6) is 0.688. The summed E-state index contributed by atoms with van der Waals surface area (Å²) in [5.41, 5.74) is 1.32. The number of aromatic nitrogens is 2. The fourth-order valence-electron chi connectivity index (χ4n) is 2.86. The van der Waals surface area contributed by atoms with Gasteiger partial charge in [0.15, 0.2) is 0 Å². The van der Waals surface area contributed by atoms with E-state index in [9.17, 15) is 0 Å². The maximum atomic E-state index is 4.47. The van der Waals surface area contributed by atoms with Crippen molar-refractivity contribution in [1.82, 2.24) is 15.1 Å². The molecule has 110 valence electrons. The van der Waals surface area contributed by atoms with E-state index in [1.165, 1.54) is 31.4 Å². The van der Waals surface area contributed by atoms with Gasteiger partial charge in [0.1, 0.15) is 0 Å². The number of nitrogens with one attached hydrogen (secondary N) is 1. The van der Waals surface area contributed by atoms with Crippen molar-refractivity contribution in [3.05, 3.63) is 16.4 Å². The summed E-state index contributed by atoms with van der Waals surface area (Å²) in [7, 11) is 0. The molecule has 0 saturated heterocycles. The molecule has 0 aliphatic heterocycles. The first-order valence-corrected chi connectivity index (χ1v) is 8.43. The Kier molecular flexibility index (Phi) is 7.69. The Balaban J connectivity index is 3.05. The molecule has 0 aliphatic rings. The second kappa shape index (κ2) is 8.75. The SMILES string of the molecule is CCCC(CCC)C(NCC)c1c(Br)cnn1CC. The lowest BCUT2D eigenvalue weighted by molar-refractivity contribution is 0.304. The highest BCUT2D eigenvalue weighted by atomic mass is 79.9. The highest BCUT2D eigenvalue weighted by Crippen LogP contribution is 2.33. The van der Waals surface area contributed by atoms with Gasteiger partial charge in [-0.25, -0.2) is 0 Å². The first kappa shape index (κ1) is 16.7. The number of rotatable bonds is 9. The number of hydrogen-bond donors (Lipinski definition) is 1. The highest BCUT2D eigenvalue weighted by molar-refractivity contribution is 9.10. The minimum absolute atomic E-state index is 0.404. The lowest BCUT2D eigenvalue weighted by Crippen LogP contribution is -2.30. The molecule has 0 bridgehead atoms. The van der Waals surface area contributed by atoms with Gasteiger partial charge in [0.2, 0.25) is 0 Å². The third-order valence-corrected chi connectivity index (χ3v) is 4.25. The zero-order valence-electron chi connectivity index (χ0n) is 12.7. The van der Waals surface area contributed by atoms with Gasteiger partial charge in [0.25, 0.3) is 0 Å². The van der Waals surface area contributed by atoms with Crippen molar-refractivity contribution in [2.24, 2.45) is 5.92 Å². The molecule has 0 amide bonds. The third kappa shape index (κ3) is 4.32. The van der Waals surface area contributed by atoms with Crippen LogP contribution < -0.4 is 5.32 Å². The molecule has 3 nitrogen and oxygen atoms in total. The molecule has 1 aromatic heterocycles. The van der Waals surface area contributed by atoms with Crippen LogP contribution in [0.2, 0.25) is 0 Å². The van der Waals surface area contributed by atoms with E-state index in [-0.39, 0.29) is 0 Å². The van der Waals surface area contributed by atoms with Crippen molar-refractivity contribution in [2.45, 2.75) is 66.0 Å². The minimum atomic E-state index is 0.404. The molecule has 4 heteroatoms. The zero-order valence-corrected chi connectivity index (χ0v) is 14.3. The second-order valence-corrected chi connectivity index (χ2v) is 5.92. The molecule has 1 N–H and O–H groups in total. The third-order valence-electron chi connectivity index (χ3n) is 3.64. The first-order chi connectivity index (χ1) is 9.19. The Bertz CT molecular complexity index is 356. The molecule has 19 heavy (non-hydrogen) atoms. The Morgan fingerprint density at radius 2 is 1.84 bits per heavy atom. The molecule has 1 heterocycles. The van der Waals surface area contributed by atoms with Gasteiger partial charge in [0.05, 0.1) is 22.4 Å². The highest BCUT2D eigenvalue weighted by Gasteiger charge is 2.26. The average molecular weight is 330 g/mol. The largest absolute Gasteiger partial charge is 0.309 e. The van der Waals surface area contributed by atoms with Crippen molar-refractivity contribution in [3.63, 3.8) is 0 Å². The van der Waals surface area contributed by atoms with E-state index < -0.39 is 0 Å². The van der Waals surface area contributed by atoms with E-state index in [1.807, 2.05) is 6.20 Å². The van der Waals surface area contributed by atoms with Crippen LogP contribution in [0.3, 0.4) is 0 Å². The Morgan fingerprint density at radius 3 is 2.32 bits per heavy atom. The summed E-state index contributed by atoms with van der Waals surface area (Å²) in [5, 5.41) is 8.15. The normalized spacial score (nSPS) is 13.2. The van der Waals surface area contributed by atoms with Gasteiger partial charge in [0, 0.05) is 6.54 Å². The monoisotopic (exact) mass is 329 g/mol. The maximum Gasteiger partial charge on any atom is 0.0698 e. The number of halogens is 1. The summed E-state index contributed by atoms with van der Waals surface area (Å²) < 4.78 is 3.26. The first-order valence-electron chi connectivity index (χ1n) is 7.63. The van der Waals surface area contributed by atoms with Crippen LogP contribution in [0.1, 0.15) is 65.1 Å². The van der Waals surface area contributed by atoms with E-state index in [1.54, 1.807) is 0 Å². The van der Waals surface area contributed by atoms with Gasteiger partial charge in [-0.15, -0.1) is 0 Å². The maximum absolute atomic E-state index is 4.47. The van der Waals surface area contributed by atoms with Crippen LogP contribution in [-0.4, -0.2) is 16.3 Å². The summed E-state index contributed by atoms with van der Waals surface area (Å²) in [4.78, 5) is 0. The molecule has 0 radical (unpaired) electrons. The molecule has 0 saturated carbocycles. The Morgan fingerprint density at radius 1 is 1.21 bits per heavy atom. The van der Waals surface area contributed by atoms with Gasteiger partial charge in [-0.2, -0.15) is 5.10 Å². The van der Waals surface area contributed by atoms with Gasteiger partial charge < -0.3 is 5.32 Å². The lowest BCUT2D eigenvalue weighted by atomic mass is 9.88. The lowest BCUT2D eigenvalue weighted by Gasteiger charge is -2.28. The zero-order chi connectivity index (χ0) is 14.3. The van der Waals surface area contributed by atoms with Crippen LogP contribution in [0.25, 0.3) is 0 Å². The van der Waals surface area contributed by atoms with Crippen LogP contribution in [0.15, 0.2) is 10.7 Å². The Hall–Kier alpha value is -0.350. The molecule has 0 spiro atoms. The molecule has 0 aliphatic carbocycles. The van der Waals surface area contributed by atoms with Crippen LogP contribution in [-0.2, 0) is 6.54 Å². The molecule has 1 atom stereocenters.